The second-order valence-corrected chi connectivity index (χ2v) is 2.68. The third kappa shape index (κ3) is 9.76. The van der Waals surface area contributed by atoms with Crippen LogP contribution in [0.25, 0.3) is 0 Å². The molecule has 0 saturated carbocycles. The van der Waals surface area contributed by atoms with Crippen molar-refractivity contribution in [1.29, 1.82) is 0 Å². The molecule has 0 aliphatic heterocycles. The first-order valence-electron chi connectivity index (χ1n) is 3.65. The minimum Gasteiger partial charge on any atom is -0.368 e. The highest BCUT2D eigenvalue weighted by Crippen LogP contribution is 2.25. The summed E-state index contributed by atoms with van der Waals surface area (Å²) in [5.41, 5.74) is 0. The van der Waals surface area contributed by atoms with Gasteiger partial charge in [0, 0.05) is 0 Å². The van der Waals surface area contributed by atoms with Gasteiger partial charge in [0.1, 0.15) is 0 Å². The molecule has 0 radical (unpaired) electrons. The quantitative estimate of drug-likeness (QED) is 0.580. The van der Waals surface area contributed by atoms with Crippen molar-refractivity contribution < 1.29 is 41.3 Å². The molecule has 0 bridgehead atoms. The Labute approximate surface area is 80.3 Å². The molecule has 2 unspecified atom stereocenters. The lowest BCUT2D eigenvalue weighted by atomic mass is 10.4. The largest absolute Gasteiger partial charge is 0.393 e. The maximum atomic E-state index is 11.6. The van der Waals surface area contributed by atoms with E-state index >= 15 is 0 Å². The SMILES string of the molecule is OC(CC(F)(F)F)OC(O)CC(F)(F)F. The summed E-state index contributed by atoms with van der Waals surface area (Å²) < 4.78 is 73.0. The highest BCUT2D eigenvalue weighted by molar-refractivity contribution is 4.57. The van der Waals surface area contributed by atoms with E-state index in [-0.39, 0.29) is 0 Å². The summed E-state index contributed by atoms with van der Waals surface area (Å²) in [5.74, 6) is 0. The topological polar surface area (TPSA) is 49.7 Å². The Balaban J connectivity index is 3.92. The van der Waals surface area contributed by atoms with Crippen molar-refractivity contribution in [3.05, 3.63) is 0 Å². The Morgan fingerprint density at radius 1 is 0.800 bits per heavy atom. The van der Waals surface area contributed by atoms with Gasteiger partial charge in [-0.15, -0.1) is 0 Å². The van der Waals surface area contributed by atoms with Crippen LogP contribution in [0.15, 0.2) is 0 Å². The molecule has 0 heterocycles. The van der Waals surface area contributed by atoms with E-state index in [2.05, 4.69) is 4.74 Å². The van der Waals surface area contributed by atoms with Crippen LogP contribution in [-0.4, -0.2) is 35.1 Å². The van der Waals surface area contributed by atoms with Gasteiger partial charge in [-0.1, -0.05) is 0 Å². The molecule has 9 heteroatoms. The smallest absolute Gasteiger partial charge is 0.368 e. The summed E-state index contributed by atoms with van der Waals surface area (Å²) in [4.78, 5) is 0. The van der Waals surface area contributed by atoms with Gasteiger partial charge in [0.05, 0.1) is 12.8 Å². The molecule has 3 nitrogen and oxygen atoms in total. The average Bonchev–Trinajstić information content (AvgIpc) is 1.73. The molecule has 92 valence electrons. The highest BCUT2D eigenvalue weighted by Gasteiger charge is 2.36. The molecular weight excluding hydrogens is 234 g/mol. The molecule has 2 N–H and O–H groups in total. The first-order chi connectivity index (χ1) is 6.49. The normalized spacial score (nSPS) is 17.6. The minimum atomic E-state index is -4.78. The van der Waals surface area contributed by atoms with Gasteiger partial charge in [-0.25, -0.2) is 0 Å². The fraction of sp³-hybridized carbons (Fsp3) is 1.00. The summed E-state index contributed by atoms with van der Waals surface area (Å²) in [7, 11) is 0. The number of halogens is 6. The molecule has 15 heavy (non-hydrogen) atoms. The lowest BCUT2D eigenvalue weighted by molar-refractivity contribution is -0.273. The van der Waals surface area contributed by atoms with Crippen LogP contribution >= 0.6 is 0 Å². The predicted octanol–water partition coefficient (Wildman–Crippen LogP) is 1.54. The molecular formula is C6H8F6O3. The fourth-order valence-corrected chi connectivity index (χ4v) is 0.674. The minimum absolute atomic E-state index is 1.85. The molecule has 0 aromatic carbocycles. The van der Waals surface area contributed by atoms with Crippen molar-refractivity contribution in [3.8, 4) is 0 Å². The van der Waals surface area contributed by atoms with E-state index in [1.165, 1.54) is 0 Å². The molecule has 0 amide bonds. The first-order valence-corrected chi connectivity index (χ1v) is 3.65. The monoisotopic (exact) mass is 242 g/mol. The summed E-state index contributed by atoms with van der Waals surface area (Å²) in [5, 5.41) is 17.0. The molecule has 0 aliphatic rings. The van der Waals surface area contributed by atoms with Crippen LogP contribution in [-0.2, 0) is 4.74 Å². The predicted molar refractivity (Wildman–Crippen MR) is 34.4 cm³/mol. The maximum absolute atomic E-state index is 11.6. The highest BCUT2D eigenvalue weighted by atomic mass is 19.4. The number of aliphatic hydroxyl groups excluding tert-OH is 2. The van der Waals surface area contributed by atoms with E-state index in [1.54, 1.807) is 0 Å². The van der Waals surface area contributed by atoms with Crippen molar-refractivity contribution >= 4 is 0 Å². The Morgan fingerprint density at radius 2 is 1.07 bits per heavy atom. The van der Waals surface area contributed by atoms with Crippen molar-refractivity contribution in [2.24, 2.45) is 0 Å². The second kappa shape index (κ2) is 4.99. The Morgan fingerprint density at radius 3 is 1.27 bits per heavy atom. The van der Waals surface area contributed by atoms with Crippen LogP contribution in [0.5, 0.6) is 0 Å². The average molecular weight is 242 g/mol. The fourth-order valence-electron chi connectivity index (χ4n) is 0.674. The van der Waals surface area contributed by atoms with E-state index in [1.807, 2.05) is 0 Å². The summed E-state index contributed by atoms with van der Waals surface area (Å²) in [6.07, 6.45) is -18.3. The molecule has 0 aromatic rings. The van der Waals surface area contributed by atoms with Gasteiger partial charge in [0.2, 0.25) is 0 Å². The van der Waals surface area contributed by atoms with Crippen molar-refractivity contribution in [2.45, 2.75) is 37.8 Å². The molecule has 0 rings (SSSR count). The zero-order valence-corrected chi connectivity index (χ0v) is 7.14. The van der Waals surface area contributed by atoms with E-state index in [4.69, 9.17) is 10.2 Å². The van der Waals surface area contributed by atoms with Gasteiger partial charge >= 0.3 is 12.4 Å². The molecule has 0 fully saturated rings. The first kappa shape index (κ1) is 14.5. The summed E-state index contributed by atoms with van der Waals surface area (Å²) in [6, 6.07) is 0. The number of hydrogen-bond donors (Lipinski definition) is 2. The standard InChI is InChI=1S/C6H8F6O3/c7-5(8,9)1-3(13)15-4(14)2-6(10,11)12/h3-4,13-14H,1-2H2. The molecule has 0 saturated heterocycles. The van der Waals surface area contributed by atoms with Crippen LogP contribution in [0.4, 0.5) is 26.3 Å². The van der Waals surface area contributed by atoms with Crippen molar-refractivity contribution in [3.63, 3.8) is 0 Å². The van der Waals surface area contributed by atoms with Gasteiger partial charge in [-0.05, 0) is 0 Å². The van der Waals surface area contributed by atoms with Crippen LogP contribution in [0.1, 0.15) is 12.8 Å². The van der Waals surface area contributed by atoms with E-state index in [9.17, 15) is 26.3 Å². The van der Waals surface area contributed by atoms with Crippen LogP contribution in [0.2, 0.25) is 0 Å². The zero-order valence-electron chi connectivity index (χ0n) is 7.14. The van der Waals surface area contributed by atoms with Gasteiger partial charge < -0.3 is 14.9 Å². The molecule has 0 spiro atoms. The van der Waals surface area contributed by atoms with Crippen molar-refractivity contribution in [1.82, 2.24) is 0 Å². The third-order valence-electron chi connectivity index (χ3n) is 1.13. The molecule has 0 aliphatic carbocycles. The van der Waals surface area contributed by atoms with Crippen molar-refractivity contribution in [2.75, 3.05) is 0 Å². The van der Waals surface area contributed by atoms with Crippen LogP contribution in [0.3, 0.4) is 0 Å². The number of aliphatic hydroxyl groups is 2. The lowest BCUT2D eigenvalue weighted by Gasteiger charge is -2.19. The number of rotatable bonds is 4. The number of alkyl halides is 6. The summed E-state index contributed by atoms with van der Waals surface area (Å²) >= 11 is 0. The van der Waals surface area contributed by atoms with E-state index < -0.39 is 37.8 Å². The lowest BCUT2D eigenvalue weighted by Crippen LogP contribution is -2.30. The second-order valence-electron chi connectivity index (χ2n) is 2.68. The van der Waals surface area contributed by atoms with E-state index in [0.717, 1.165) is 0 Å². The van der Waals surface area contributed by atoms with Crippen LogP contribution in [0, 0.1) is 0 Å². The van der Waals surface area contributed by atoms with Gasteiger partial charge in [-0.3, -0.25) is 0 Å². The van der Waals surface area contributed by atoms with E-state index in [0.29, 0.717) is 0 Å². The summed E-state index contributed by atoms with van der Waals surface area (Å²) in [6.45, 7) is 0. The van der Waals surface area contributed by atoms with Gasteiger partial charge in [-0.2, -0.15) is 26.3 Å². The maximum Gasteiger partial charge on any atom is 0.393 e. The number of ether oxygens (including phenoxy) is 1. The third-order valence-corrected chi connectivity index (χ3v) is 1.13. The number of hydrogen-bond acceptors (Lipinski definition) is 3. The van der Waals surface area contributed by atoms with Crippen LogP contribution < -0.4 is 0 Å². The van der Waals surface area contributed by atoms with Gasteiger partial charge in [0.15, 0.2) is 12.6 Å². The Hall–Kier alpha value is -0.540. The Kier molecular flexibility index (Phi) is 4.81. The zero-order chi connectivity index (χ0) is 12.3. The molecule has 0 aromatic heterocycles. The van der Waals surface area contributed by atoms with Gasteiger partial charge in [0.25, 0.3) is 0 Å². The Bertz CT molecular complexity index is 168. The molecule has 2 atom stereocenters.